The Labute approximate surface area is 84.1 Å². The van der Waals surface area contributed by atoms with Crippen molar-refractivity contribution in [2.24, 2.45) is 0 Å². The van der Waals surface area contributed by atoms with Gasteiger partial charge in [-0.1, -0.05) is 0 Å². The molecule has 0 rings (SSSR count). The lowest BCUT2D eigenvalue weighted by atomic mass is 10.1. The van der Waals surface area contributed by atoms with Crippen molar-refractivity contribution in [2.75, 3.05) is 6.54 Å². The smallest absolute Gasteiger partial charge is 0.220 e. The second-order valence-corrected chi connectivity index (χ2v) is 3.39. The maximum atomic E-state index is 11.0. The van der Waals surface area contributed by atoms with Crippen LogP contribution in [0, 0.1) is 0 Å². The van der Waals surface area contributed by atoms with E-state index in [1.807, 2.05) is 0 Å². The average Bonchev–Trinajstić information content (AvgIpc) is 2.08. The Bertz CT molecular complexity index is 223. The van der Waals surface area contributed by atoms with E-state index in [2.05, 4.69) is 5.32 Å². The number of unbranched alkanes of at least 4 members (excludes halogenated alkanes) is 1. The standard InChI is InChI=1S/C10H17NO3/c1-8(12)5-3-4-6-10(14)11-7-9(2)13/h3-7H2,1-2H3,(H,11,14). The molecule has 0 bridgehead atoms. The number of hydrogen-bond donors (Lipinski definition) is 1. The van der Waals surface area contributed by atoms with Gasteiger partial charge in [0.2, 0.25) is 5.91 Å². The van der Waals surface area contributed by atoms with Crippen molar-refractivity contribution >= 4 is 17.5 Å². The molecule has 0 aliphatic rings. The molecule has 80 valence electrons. The van der Waals surface area contributed by atoms with Gasteiger partial charge >= 0.3 is 0 Å². The minimum Gasteiger partial charge on any atom is -0.349 e. The number of nitrogens with one attached hydrogen (secondary N) is 1. The summed E-state index contributed by atoms with van der Waals surface area (Å²) in [5.41, 5.74) is 0. The Morgan fingerprint density at radius 3 is 2.00 bits per heavy atom. The van der Waals surface area contributed by atoms with Gasteiger partial charge in [0.1, 0.15) is 11.6 Å². The highest BCUT2D eigenvalue weighted by atomic mass is 16.2. The predicted molar refractivity (Wildman–Crippen MR) is 52.8 cm³/mol. The van der Waals surface area contributed by atoms with Crippen LogP contribution in [0.15, 0.2) is 0 Å². The third-order valence-electron chi connectivity index (χ3n) is 1.72. The summed E-state index contributed by atoms with van der Waals surface area (Å²) in [5, 5.41) is 2.50. The van der Waals surface area contributed by atoms with Crippen LogP contribution >= 0.6 is 0 Å². The highest BCUT2D eigenvalue weighted by Crippen LogP contribution is 1.99. The van der Waals surface area contributed by atoms with Gasteiger partial charge in [0, 0.05) is 12.8 Å². The topological polar surface area (TPSA) is 63.2 Å². The highest BCUT2D eigenvalue weighted by Gasteiger charge is 2.02. The predicted octanol–water partition coefficient (Wildman–Crippen LogP) is 0.841. The van der Waals surface area contributed by atoms with E-state index in [-0.39, 0.29) is 24.0 Å². The van der Waals surface area contributed by atoms with Crippen LogP contribution in [0.1, 0.15) is 39.5 Å². The first kappa shape index (κ1) is 12.8. The van der Waals surface area contributed by atoms with Crippen molar-refractivity contribution in [1.82, 2.24) is 5.32 Å². The fourth-order valence-corrected chi connectivity index (χ4v) is 0.971. The van der Waals surface area contributed by atoms with E-state index in [1.165, 1.54) is 13.8 Å². The summed E-state index contributed by atoms with van der Waals surface area (Å²) in [6.07, 6.45) is 2.35. The van der Waals surface area contributed by atoms with Crippen molar-refractivity contribution < 1.29 is 14.4 Å². The van der Waals surface area contributed by atoms with Crippen LogP contribution in [0.5, 0.6) is 0 Å². The molecule has 4 nitrogen and oxygen atoms in total. The van der Waals surface area contributed by atoms with Crippen molar-refractivity contribution in [3.8, 4) is 0 Å². The molecule has 0 radical (unpaired) electrons. The number of amides is 1. The SMILES string of the molecule is CC(=O)CCCCC(=O)NCC(C)=O. The summed E-state index contributed by atoms with van der Waals surface area (Å²) < 4.78 is 0. The van der Waals surface area contributed by atoms with Gasteiger partial charge in [0.25, 0.3) is 0 Å². The molecule has 0 saturated heterocycles. The summed E-state index contributed by atoms with van der Waals surface area (Å²) >= 11 is 0. The lowest BCUT2D eigenvalue weighted by Gasteiger charge is -2.01. The molecule has 0 aliphatic carbocycles. The quantitative estimate of drug-likeness (QED) is 0.618. The minimum absolute atomic E-state index is 0.0536. The van der Waals surface area contributed by atoms with Gasteiger partial charge in [0.05, 0.1) is 6.54 Å². The molecule has 0 spiro atoms. The maximum Gasteiger partial charge on any atom is 0.220 e. The van der Waals surface area contributed by atoms with Crippen LogP contribution < -0.4 is 5.32 Å². The highest BCUT2D eigenvalue weighted by molar-refractivity contribution is 5.84. The second-order valence-electron chi connectivity index (χ2n) is 3.39. The van der Waals surface area contributed by atoms with Gasteiger partial charge in [-0.2, -0.15) is 0 Å². The molecule has 0 aromatic carbocycles. The lowest BCUT2D eigenvalue weighted by molar-refractivity contribution is -0.124. The molecule has 0 fully saturated rings. The summed E-state index contributed by atoms with van der Waals surface area (Å²) in [6.45, 7) is 3.07. The molecule has 0 atom stereocenters. The fourth-order valence-electron chi connectivity index (χ4n) is 0.971. The van der Waals surface area contributed by atoms with Gasteiger partial charge in [0.15, 0.2) is 0 Å². The number of carbonyl (C=O) groups is 3. The Balaban J connectivity index is 3.36. The molecule has 14 heavy (non-hydrogen) atoms. The van der Waals surface area contributed by atoms with Crippen molar-refractivity contribution in [1.29, 1.82) is 0 Å². The summed E-state index contributed by atoms with van der Waals surface area (Å²) in [7, 11) is 0. The van der Waals surface area contributed by atoms with Crippen LogP contribution in [0.4, 0.5) is 0 Å². The number of ketones is 2. The fraction of sp³-hybridized carbons (Fsp3) is 0.700. The van der Waals surface area contributed by atoms with Crippen LogP contribution in [0.2, 0.25) is 0 Å². The van der Waals surface area contributed by atoms with Gasteiger partial charge < -0.3 is 10.1 Å². The summed E-state index contributed by atoms with van der Waals surface area (Å²) in [6, 6.07) is 0. The minimum atomic E-state index is -0.122. The first-order chi connectivity index (χ1) is 6.52. The molecule has 0 aliphatic heterocycles. The molecule has 0 unspecified atom stereocenters. The second kappa shape index (κ2) is 7.24. The third kappa shape index (κ3) is 8.90. The molecular weight excluding hydrogens is 182 g/mol. The zero-order chi connectivity index (χ0) is 11.0. The van der Waals surface area contributed by atoms with E-state index >= 15 is 0 Å². The van der Waals surface area contributed by atoms with E-state index in [0.717, 1.165) is 6.42 Å². The maximum absolute atomic E-state index is 11.0. The number of rotatable bonds is 7. The van der Waals surface area contributed by atoms with E-state index in [4.69, 9.17) is 0 Å². The van der Waals surface area contributed by atoms with Crippen molar-refractivity contribution in [3.05, 3.63) is 0 Å². The van der Waals surface area contributed by atoms with E-state index in [1.54, 1.807) is 0 Å². The Morgan fingerprint density at radius 2 is 1.50 bits per heavy atom. The average molecular weight is 199 g/mol. The molecule has 0 aromatic rings. The largest absolute Gasteiger partial charge is 0.349 e. The Morgan fingerprint density at radius 1 is 0.929 bits per heavy atom. The van der Waals surface area contributed by atoms with Crippen molar-refractivity contribution in [3.63, 3.8) is 0 Å². The molecule has 0 heterocycles. The number of Topliss-reactive ketones (excluding diaryl/α,β-unsaturated/α-hetero) is 2. The molecular formula is C10H17NO3. The lowest BCUT2D eigenvalue weighted by Crippen LogP contribution is -2.27. The first-order valence-corrected chi connectivity index (χ1v) is 4.78. The van der Waals surface area contributed by atoms with Gasteiger partial charge in [-0.05, 0) is 26.7 Å². The first-order valence-electron chi connectivity index (χ1n) is 4.78. The van der Waals surface area contributed by atoms with E-state index in [9.17, 15) is 14.4 Å². The van der Waals surface area contributed by atoms with Crippen LogP contribution in [-0.2, 0) is 14.4 Å². The molecule has 0 aromatic heterocycles. The van der Waals surface area contributed by atoms with Crippen LogP contribution in [0.25, 0.3) is 0 Å². The monoisotopic (exact) mass is 199 g/mol. The summed E-state index contributed by atoms with van der Waals surface area (Å²) in [4.78, 5) is 32.1. The molecule has 1 N–H and O–H groups in total. The Hall–Kier alpha value is -1.19. The van der Waals surface area contributed by atoms with Crippen LogP contribution in [-0.4, -0.2) is 24.0 Å². The van der Waals surface area contributed by atoms with E-state index in [0.29, 0.717) is 19.3 Å². The van der Waals surface area contributed by atoms with Gasteiger partial charge in [-0.15, -0.1) is 0 Å². The number of carbonyl (C=O) groups excluding carboxylic acids is 3. The third-order valence-corrected chi connectivity index (χ3v) is 1.72. The van der Waals surface area contributed by atoms with Crippen LogP contribution in [0.3, 0.4) is 0 Å². The van der Waals surface area contributed by atoms with E-state index < -0.39 is 0 Å². The summed E-state index contributed by atoms with van der Waals surface area (Å²) in [5.74, 6) is -0.0278. The zero-order valence-corrected chi connectivity index (χ0v) is 8.76. The number of hydrogen-bond acceptors (Lipinski definition) is 3. The van der Waals surface area contributed by atoms with Gasteiger partial charge in [-0.3, -0.25) is 9.59 Å². The van der Waals surface area contributed by atoms with Crippen molar-refractivity contribution in [2.45, 2.75) is 39.5 Å². The molecule has 4 heteroatoms. The van der Waals surface area contributed by atoms with Gasteiger partial charge in [-0.25, -0.2) is 0 Å². The molecule has 0 saturated carbocycles. The Kier molecular flexibility index (Phi) is 6.62. The zero-order valence-electron chi connectivity index (χ0n) is 8.76. The molecule has 1 amide bonds. The normalized spacial score (nSPS) is 9.57.